The number of carbonyl (C=O) groups is 2. The van der Waals surface area contributed by atoms with E-state index in [0.29, 0.717) is 5.75 Å². The van der Waals surface area contributed by atoms with Crippen molar-refractivity contribution in [1.29, 1.82) is 0 Å². The molecule has 0 unspecified atom stereocenters. The maximum Gasteiger partial charge on any atom is 0.221 e. The van der Waals surface area contributed by atoms with Crippen LogP contribution >= 0.6 is 79.6 Å². The number of benzene rings is 7. The molecule has 0 spiro atoms. The number of carbonyl (C=O) groups excluding carboxylic acids is 2. The minimum atomic E-state index is -0.0335. The van der Waals surface area contributed by atoms with Gasteiger partial charge in [0, 0.05) is 94.6 Å². The van der Waals surface area contributed by atoms with E-state index >= 15 is 0 Å². The van der Waals surface area contributed by atoms with Crippen molar-refractivity contribution < 1.29 is 28.1 Å². The van der Waals surface area contributed by atoms with Gasteiger partial charge in [0.05, 0.1) is 11.4 Å². The summed E-state index contributed by atoms with van der Waals surface area (Å²) in [6.07, 6.45) is 4.53. The summed E-state index contributed by atoms with van der Waals surface area (Å²) < 4.78 is 14.5. The van der Waals surface area contributed by atoms with Crippen LogP contribution in [0.4, 0.5) is 17.1 Å². The number of nitrogens with zero attached hydrogens (tertiary/aromatic N) is 1. The van der Waals surface area contributed by atoms with Crippen molar-refractivity contribution in [1.82, 2.24) is 0 Å². The molecule has 0 radical (unpaired) electrons. The number of anilines is 2. The molecule has 9 heterocycles. The van der Waals surface area contributed by atoms with Crippen LogP contribution < -0.4 is 10.6 Å². The Morgan fingerprint density at radius 1 is 0.464 bits per heavy atom. The van der Waals surface area contributed by atoms with Crippen molar-refractivity contribution in [3.8, 4) is 5.75 Å². The van der Waals surface area contributed by atoms with Gasteiger partial charge in [-0.1, -0.05) is 156 Å². The summed E-state index contributed by atoms with van der Waals surface area (Å²) in [6.45, 7) is 38.3. The lowest BCUT2D eigenvalue weighted by Crippen LogP contribution is -2.05. The van der Waals surface area contributed by atoms with Gasteiger partial charge in [-0.05, 0) is 261 Å². The van der Waals surface area contributed by atoms with Crippen molar-refractivity contribution >= 4 is 152 Å². The smallest absolute Gasteiger partial charge is 0.221 e. The molecule has 17 rings (SSSR count). The molecule has 2 amide bonds. The van der Waals surface area contributed by atoms with Crippen LogP contribution in [-0.2, 0) is 22.4 Å². The highest BCUT2D eigenvalue weighted by molar-refractivity contribution is 7.19. The molecule has 2 aliphatic rings. The molecule has 0 saturated carbocycles. The molecule has 0 fully saturated rings. The molecule has 110 heavy (non-hydrogen) atoms. The van der Waals surface area contributed by atoms with E-state index in [0.717, 1.165) is 63.1 Å². The highest BCUT2D eigenvalue weighted by Crippen LogP contribution is 2.31. The summed E-state index contributed by atoms with van der Waals surface area (Å²) in [7, 11) is 2.13. The van der Waals surface area contributed by atoms with E-state index in [1.165, 1.54) is 126 Å². The molecule has 8 aromatic heterocycles. The first-order valence-electron chi connectivity index (χ1n) is 36.3. The van der Waals surface area contributed by atoms with Gasteiger partial charge in [0.1, 0.15) is 35.5 Å². The number of amides is 2. The molecule has 1 aliphatic heterocycles. The van der Waals surface area contributed by atoms with E-state index in [1.807, 2.05) is 168 Å². The van der Waals surface area contributed by atoms with Gasteiger partial charge in [0.25, 0.3) is 0 Å². The highest BCUT2D eigenvalue weighted by Gasteiger charge is 2.22. The number of nitrogens with one attached hydrogen (secondary N) is 2. The number of hydrogen-bond donors (Lipinski definition) is 3. The fourth-order valence-electron chi connectivity index (χ4n) is 10.6. The van der Waals surface area contributed by atoms with Gasteiger partial charge >= 0.3 is 0 Å². The lowest BCUT2D eigenvalue weighted by molar-refractivity contribution is -0.402. The third-order valence-electron chi connectivity index (χ3n) is 17.7. The van der Waals surface area contributed by atoms with Crippen molar-refractivity contribution in [2.75, 3.05) is 17.7 Å². The number of hydrogen-bond acceptors (Lipinski definition) is 11. The molecule has 8 nitrogen and oxygen atoms in total. The SMILES string of the molecule is CC(=O)Nc1ccc(C)cc1.CC(=O)Nc1cccc(C)c1.CC1=Cc2ccccc2C1.CC1=[N+](C)c2ccccc2C1.Cc1cc2ccccc2o1.Cc1cccs1.Cc1ccsc1C.Cc1cscc1C.Cc1oc2ccccc2c1C.Cc1sc2ccccc2c1C.Cc1scc(O)c1C.Cc1sccc1Cl. The van der Waals surface area contributed by atoms with Gasteiger partial charge < -0.3 is 24.6 Å². The monoisotopic (exact) mass is 1600 g/mol. The molecule has 0 saturated heterocycles. The molecule has 1 aliphatic carbocycles. The number of furan rings is 2. The highest BCUT2D eigenvalue weighted by atomic mass is 35.5. The number of allylic oxidation sites excluding steroid dienone is 1. The summed E-state index contributed by atoms with van der Waals surface area (Å²) >= 11 is 16.1. The minimum Gasteiger partial charge on any atom is -0.507 e. The Labute approximate surface area is 682 Å². The van der Waals surface area contributed by atoms with E-state index in [1.54, 1.807) is 62.1 Å². The number of fused-ring (bicyclic) bond motifs is 5. The minimum absolute atomic E-state index is 0.0319. The van der Waals surface area contributed by atoms with Gasteiger partial charge in [-0.25, -0.2) is 4.58 Å². The first-order chi connectivity index (χ1) is 52.5. The number of halogens is 1. The second-order valence-corrected chi connectivity index (χ2v) is 33.6. The zero-order valence-electron chi connectivity index (χ0n) is 67.4. The molecular formula is C95H107ClN3O5S6+. The van der Waals surface area contributed by atoms with E-state index in [-0.39, 0.29) is 11.8 Å². The molecule has 15 aromatic rings. The maximum absolute atomic E-state index is 10.6. The third kappa shape index (κ3) is 30.4. The summed E-state index contributed by atoms with van der Waals surface area (Å²) in [4.78, 5) is 27.8. The maximum atomic E-state index is 10.6. The number of thiophene rings is 6. The van der Waals surface area contributed by atoms with Gasteiger partial charge in [0.2, 0.25) is 17.5 Å². The van der Waals surface area contributed by atoms with E-state index in [9.17, 15) is 9.59 Å². The molecule has 574 valence electrons. The fraction of sp³-hybridized carbons (Fsp3) is 0.232. The fourth-order valence-corrected chi connectivity index (χ4v) is 15.4. The second-order valence-electron chi connectivity index (χ2n) is 26.8. The van der Waals surface area contributed by atoms with Crippen LogP contribution in [0.25, 0.3) is 38.1 Å². The van der Waals surface area contributed by atoms with Gasteiger partial charge in [-0.15, -0.1) is 56.7 Å². The number of rotatable bonds is 2. The Kier molecular flexibility index (Phi) is 37.6. The summed E-state index contributed by atoms with van der Waals surface area (Å²) in [5, 5.41) is 31.3. The molecule has 7 aromatic carbocycles. The first kappa shape index (κ1) is 89.4. The third-order valence-corrected chi connectivity index (χ3v) is 24.0. The van der Waals surface area contributed by atoms with Crippen molar-refractivity contribution in [3.05, 3.63) is 340 Å². The summed E-state index contributed by atoms with van der Waals surface area (Å²) in [5.74, 6) is 2.35. The van der Waals surface area contributed by atoms with Crippen LogP contribution in [0.2, 0.25) is 5.02 Å². The Morgan fingerprint density at radius 3 is 1.55 bits per heavy atom. The Morgan fingerprint density at radius 2 is 1.06 bits per heavy atom. The predicted molar refractivity (Wildman–Crippen MR) is 486 cm³/mol. The summed E-state index contributed by atoms with van der Waals surface area (Å²) in [6, 6.07) is 67.4. The largest absolute Gasteiger partial charge is 0.507 e. The number of aromatic hydroxyl groups is 1. The van der Waals surface area contributed by atoms with Crippen molar-refractivity contribution in [2.45, 2.75) is 144 Å². The van der Waals surface area contributed by atoms with Crippen LogP contribution in [0.3, 0.4) is 0 Å². The van der Waals surface area contributed by atoms with Crippen LogP contribution in [-0.4, -0.2) is 34.3 Å². The standard InChI is InChI=1S/C10H12N.C10H10O.C10H10S.C10H10.2C9H11NO.C9H8O.C6H8OS.2C6H8S.C5H5ClS.C5H6S/c1-8-7-9-5-3-4-6-10(9)11(8)2;2*1-7-8(2)11-10-6-4-3-5-9(7)10;1-8-6-9-4-2-3-5-10(9)7-8;1-7-3-5-9(6-4-7)10-8(2)11;1-7-4-3-5-9(6-7)10-8(2)11;1-7-6-8-4-2-3-5-9(8)10-7;1-4-5(2)8-3-6(4)7;1-5-3-7-4-6(5)2;1-5-3-4-7-6(5)2;1-4-5(6)2-3-7-4;1-5-3-2-4-6-5/h3-6H,7H2,1-2H3;2*3-6H,1-2H3;2-6H,7H2,1H3;2*3-6H,1-2H3,(H,10,11);2-6H,1H3;3,7H,1-2H3;2*3-4H,1-2H3;2-3H,1H3;2-4H,1H3/q+1;;;;;;;;;;;. The number of para-hydroxylation sites is 3. The zero-order chi connectivity index (χ0) is 80.4. The number of aryl methyl sites for hydroxylation is 14. The molecule has 0 bridgehead atoms. The van der Waals surface area contributed by atoms with E-state index in [4.69, 9.17) is 25.5 Å². The van der Waals surface area contributed by atoms with Gasteiger partial charge in [-0.2, -0.15) is 11.3 Å². The molecular weight excluding hydrogens is 1490 g/mol. The predicted octanol–water partition coefficient (Wildman–Crippen LogP) is 29.4. The van der Waals surface area contributed by atoms with E-state index < -0.39 is 0 Å². The average molecular weight is 1600 g/mol. The molecule has 3 N–H and O–H groups in total. The van der Waals surface area contributed by atoms with Crippen LogP contribution in [0.15, 0.2) is 247 Å². The first-order valence-corrected chi connectivity index (χ1v) is 42.0. The topological polar surface area (TPSA) is 108 Å². The second kappa shape index (κ2) is 46.2. The molecule has 15 heteroatoms. The van der Waals surface area contributed by atoms with Crippen LogP contribution in [0.1, 0.15) is 125 Å². The van der Waals surface area contributed by atoms with E-state index in [2.05, 4.69) is 216 Å². The lowest BCUT2D eigenvalue weighted by Gasteiger charge is -2.01. The van der Waals surface area contributed by atoms with Crippen LogP contribution in [0.5, 0.6) is 5.75 Å². The average Bonchev–Trinajstić information content (AvgIpc) is 1.68. The van der Waals surface area contributed by atoms with Crippen molar-refractivity contribution in [2.24, 2.45) is 0 Å². The lowest BCUT2D eigenvalue weighted by atomic mass is 10.1. The Bertz CT molecular complexity index is 5090. The quantitative estimate of drug-likeness (QED) is 0.150. The Hall–Kier alpha value is -9.48. The van der Waals surface area contributed by atoms with Gasteiger partial charge in [-0.3, -0.25) is 9.59 Å². The van der Waals surface area contributed by atoms with Gasteiger partial charge in [0.15, 0.2) is 5.71 Å². The zero-order valence-corrected chi connectivity index (χ0v) is 73.0. The molecule has 0 atom stereocenters. The Balaban J connectivity index is 0.000000188. The van der Waals surface area contributed by atoms with Crippen LogP contribution in [0, 0.1) is 104 Å². The summed E-state index contributed by atoms with van der Waals surface area (Å²) in [5.41, 5.74) is 22.5. The normalized spacial score (nSPS) is 10.8. The van der Waals surface area contributed by atoms with Crippen molar-refractivity contribution in [3.63, 3.8) is 0 Å².